The first-order chi connectivity index (χ1) is 14.4. The monoisotopic (exact) mass is 440 g/mol. The van der Waals surface area contributed by atoms with Gasteiger partial charge in [0.1, 0.15) is 5.82 Å². The number of pyridine rings is 1. The molecule has 1 aromatic heterocycles. The fourth-order valence-electron chi connectivity index (χ4n) is 3.10. The Morgan fingerprint density at radius 1 is 1.00 bits per heavy atom. The molecule has 1 heterocycles. The third-order valence-corrected chi connectivity index (χ3v) is 5.30. The number of benzene rings is 2. The van der Waals surface area contributed by atoms with E-state index in [9.17, 15) is 17.6 Å². The van der Waals surface area contributed by atoms with Gasteiger partial charge in [-0.05, 0) is 58.0 Å². The van der Waals surface area contributed by atoms with Gasteiger partial charge in [0.2, 0.25) is 10.0 Å². The van der Waals surface area contributed by atoms with Crippen LogP contribution in [0.25, 0.3) is 23.3 Å². The first kappa shape index (κ1) is 22.5. The van der Waals surface area contributed by atoms with Crippen molar-refractivity contribution in [2.24, 2.45) is 0 Å². The molecule has 0 aliphatic carbocycles. The van der Waals surface area contributed by atoms with Crippen LogP contribution in [0.1, 0.15) is 37.5 Å². The molecule has 0 saturated heterocycles. The molecule has 162 valence electrons. The highest BCUT2D eigenvalue weighted by atomic mass is 32.2. The van der Waals surface area contributed by atoms with Crippen LogP contribution in [0, 0.1) is 5.82 Å². The topological polar surface area (TPSA) is 79.0 Å². The van der Waals surface area contributed by atoms with Crippen LogP contribution in [0.2, 0.25) is 0 Å². The molecule has 0 unspecified atom stereocenters. The molecule has 3 aromatic rings. The number of rotatable bonds is 5. The number of H-pyrrole nitrogens is 1. The van der Waals surface area contributed by atoms with Crippen molar-refractivity contribution >= 4 is 27.9 Å². The molecule has 0 radical (unpaired) electrons. The van der Waals surface area contributed by atoms with Gasteiger partial charge in [-0.25, -0.2) is 12.8 Å². The van der Waals surface area contributed by atoms with Crippen LogP contribution >= 0.6 is 0 Å². The molecule has 0 spiro atoms. The highest BCUT2D eigenvalue weighted by molar-refractivity contribution is 7.92. The Morgan fingerprint density at radius 2 is 1.71 bits per heavy atom. The van der Waals surface area contributed by atoms with Gasteiger partial charge in [0.15, 0.2) is 0 Å². The molecule has 0 atom stereocenters. The van der Waals surface area contributed by atoms with E-state index >= 15 is 0 Å². The second-order valence-electron chi connectivity index (χ2n) is 8.45. The van der Waals surface area contributed by atoms with E-state index in [2.05, 4.69) is 30.5 Å². The first-order valence-electron chi connectivity index (χ1n) is 9.71. The van der Waals surface area contributed by atoms with E-state index in [0.717, 1.165) is 22.9 Å². The fourth-order valence-corrected chi connectivity index (χ4v) is 3.66. The first-order valence-corrected chi connectivity index (χ1v) is 11.6. The highest BCUT2D eigenvalue weighted by Crippen LogP contribution is 2.29. The van der Waals surface area contributed by atoms with Crippen molar-refractivity contribution in [3.05, 3.63) is 87.6 Å². The van der Waals surface area contributed by atoms with Crippen LogP contribution in [-0.4, -0.2) is 19.7 Å². The molecule has 5 nitrogen and oxygen atoms in total. The number of anilines is 1. The average Bonchev–Trinajstić information content (AvgIpc) is 2.67. The molecule has 3 rings (SSSR count). The number of halogens is 1. The third kappa shape index (κ3) is 5.92. The van der Waals surface area contributed by atoms with Crippen LogP contribution in [-0.2, 0) is 15.4 Å². The summed E-state index contributed by atoms with van der Waals surface area (Å²) in [5.74, 6) is -0.660. The molecule has 0 amide bonds. The van der Waals surface area contributed by atoms with Crippen LogP contribution in [0.5, 0.6) is 0 Å². The largest absolute Gasteiger partial charge is 0.329 e. The van der Waals surface area contributed by atoms with E-state index in [1.54, 1.807) is 30.5 Å². The Kier molecular flexibility index (Phi) is 6.18. The minimum atomic E-state index is -3.56. The lowest BCUT2D eigenvalue weighted by atomic mass is 9.84. The number of hydrogen-bond acceptors (Lipinski definition) is 3. The van der Waals surface area contributed by atoms with Crippen molar-refractivity contribution in [2.75, 3.05) is 11.0 Å². The van der Waals surface area contributed by atoms with Crippen molar-refractivity contribution in [3.8, 4) is 11.1 Å². The van der Waals surface area contributed by atoms with E-state index in [1.807, 2.05) is 24.3 Å². The molecule has 2 N–H and O–H groups in total. The lowest BCUT2D eigenvalue weighted by Gasteiger charge is -2.21. The van der Waals surface area contributed by atoms with Gasteiger partial charge in [0.05, 0.1) is 11.9 Å². The van der Waals surface area contributed by atoms with Gasteiger partial charge in [-0.1, -0.05) is 51.1 Å². The van der Waals surface area contributed by atoms with Crippen molar-refractivity contribution in [1.82, 2.24) is 4.98 Å². The number of sulfonamides is 1. The minimum Gasteiger partial charge on any atom is -0.329 e. The second kappa shape index (κ2) is 8.51. The predicted molar refractivity (Wildman–Crippen MR) is 125 cm³/mol. The molecular formula is C24H25FN2O3S. The quantitative estimate of drug-likeness (QED) is 0.547. The molecule has 0 saturated carbocycles. The Bertz CT molecular complexity index is 1300. The summed E-state index contributed by atoms with van der Waals surface area (Å²) < 4.78 is 39.0. The summed E-state index contributed by atoms with van der Waals surface area (Å²) in [5, 5.41) is 0. The fraction of sp³-hybridized carbons (Fsp3) is 0.208. The molecule has 0 bridgehead atoms. The lowest BCUT2D eigenvalue weighted by molar-refractivity contribution is 0.590. The molecular weight excluding hydrogens is 415 g/mol. The average molecular weight is 441 g/mol. The predicted octanol–water partition coefficient (Wildman–Crippen LogP) is 5.02. The maximum absolute atomic E-state index is 14.3. The Labute approximate surface area is 181 Å². The van der Waals surface area contributed by atoms with E-state index in [4.69, 9.17) is 0 Å². The van der Waals surface area contributed by atoms with E-state index in [1.165, 1.54) is 12.1 Å². The number of aromatic nitrogens is 1. The van der Waals surface area contributed by atoms with Crippen molar-refractivity contribution in [2.45, 2.75) is 26.2 Å². The second-order valence-corrected chi connectivity index (χ2v) is 10.2. The van der Waals surface area contributed by atoms with Gasteiger partial charge in [-0.15, -0.1) is 0 Å². The lowest BCUT2D eigenvalue weighted by Crippen LogP contribution is -2.13. The molecule has 2 aromatic carbocycles. The zero-order valence-corrected chi connectivity index (χ0v) is 18.7. The van der Waals surface area contributed by atoms with Gasteiger partial charge in [0.25, 0.3) is 5.56 Å². The van der Waals surface area contributed by atoms with Crippen LogP contribution in [0.4, 0.5) is 10.1 Å². The standard InChI is InChI=1S/C24H25FN2O3S/c1-24(2,3)19-13-17(12-18(15-19)20-6-5-11-26-23(20)28)8-7-16-9-10-22(21(25)14-16)27-31(4,29)30/h5-15,27H,1-4H3,(H,26,28). The number of hydrogen-bond donors (Lipinski definition) is 2. The minimum absolute atomic E-state index is 0.0973. The van der Waals surface area contributed by atoms with Crippen molar-refractivity contribution in [1.29, 1.82) is 0 Å². The summed E-state index contributed by atoms with van der Waals surface area (Å²) >= 11 is 0. The Hall–Kier alpha value is -3.19. The zero-order chi connectivity index (χ0) is 22.8. The Balaban J connectivity index is 2.00. The maximum Gasteiger partial charge on any atom is 0.255 e. The molecule has 0 aliphatic rings. The van der Waals surface area contributed by atoms with E-state index in [0.29, 0.717) is 11.1 Å². The third-order valence-electron chi connectivity index (χ3n) is 4.71. The van der Waals surface area contributed by atoms with Gasteiger partial charge < -0.3 is 4.98 Å². The zero-order valence-electron chi connectivity index (χ0n) is 17.9. The van der Waals surface area contributed by atoms with Crippen molar-refractivity contribution < 1.29 is 12.8 Å². The van der Waals surface area contributed by atoms with Crippen LogP contribution in [0.15, 0.2) is 59.5 Å². The van der Waals surface area contributed by atoms with Crippen molar-refractivity contribution in [3.63, 3.8) is 0 Å². The summed E-state index contributed by atoms with van der Waals surface area (Å²) in [7, 11) is -3.56. The van der Waals surface area contributed by atoms with E-state index in [-0.39, 0.29) is 16.7 Å². The maximum atomic E-state index is 14.3. The van der Waals surface area contributed by atoms with Gasteiger partial charge in [-0.3, -0.25) is 9.52 Å². The molecule has 7 heteroatoms. The summed E-state index contributed by atoms with van der Waals surface area (Å²) in [6, 6.07) is 13.8. The summed E-state index contributed by atoms with van der Waals surface area (Å²) in [6.45, 7) is 6.28. The van der Waals surface area contributed by atoms with E-state index < -0.39 is 15.8 Å². The molecule has 31 heavy (non-hydrogen) atoms. The Morgan fingerprint density at radius 3 is 2.32 bits per heavy atom. The molecule has 0 aliphatic heterocycles. The number of aromatic amines is 1. The summed E-state index contributed by atoms with van der Waals surface area (Å²) in [5.41, 5.74) is 3.48. The number of nitrogens with one attached hydrogen (secondary N) is 2. The summed E-state index contributed by atoms with van der Waals surface area (Å²) in [6.07, 6.45) is 6.15. The van der Waals surface area contributed by atoms with Gasteiger partial charge in [0, 0.05) is 11.8 Å². The summed E-state index contributed by atoms with van der Waals surface area (Å²) in [4.78, 5) is 15.0. The van der Waals surface area contributed by atoms with Crippen LogP contribution < -0.4 is 10.3 Å². The smallest absolute Gasteiger partial charge is 0.255 e. The van der Waals surface area contributed by atoms with Gasteiger partial charge in [-0.2, -0.15) is 0 Å². The highest BCUT2D eigenvalue weighted by Gasteiger charge is 2.16. The normalized spacial score (nSPS) is 12.3. The SMILES string of the molecule is CC(C)(C)c1cc(C=Cc2ccc(NS(C)(=O)=O)c(F)c2)cc(-c2ccc[nH]c2=O)c1. The van der Waals surface area contributed by atoms with Gasteiger partial charge >= 0.3 is 0 Å². The molecule has 0 fully saturated rings. The van der Waals surface area contributed by atoms with Crippen LogP contribution in [0.3, 0.4) is 0 Å².